The van der Waals surface area contributed by atoms with Gasteiger partial charge in [0.05, 0.1) is 5.56 Å². The number of carboxylic acid groups (broad SMARTS) is 1. The minimum atomic E-state index is -0.785. The van der Waals surface area contributed by atoms with Crippen molar-refractivity contribution < 1.29 is 9.90 Å². The summed E-state index contributed by atoms with van der Waals surface area (Å²) in [5.41, 5.74) is 4.10. The highest BCUT2D eigenvalue weighted by molar-refractivity contribution is 7.16. The molecule has 26 heavy (non-hydrogen) atoms. The minimum absolute atomic E-state index is 0.177. The molecule has 0 radical (unpaired) electrons. The molecule has 0 aliphatic heterocycles. The Hall–Kier alpha value is -1.65. The van der Waals surface area contributed by atoms with E-state index in [0.717, 1.165) is 54.8 Å². The first-order valence-electron chi connectivity index (χ1n) is 9.47. The van der Waals surface area contributed by atoms with Gasteiger partial charge in [-0.25, -0.2) is 4.79 Å². The second-order valence-corrected chi connectivity index (χ2v) is 9.35. The molecule has 1 aromatic carbocycles. The van der Waals surface area contributed by atoms with Gasteiger partial charge in [0.1, 0.15) is 0 Å². The number of aromatic carboxylic acids is 1. The zero-order chi connectivity index (χ0) is 18.9. The van der Waals surface area contributed by atoms with Crippen LogP contribution in [-0.4, -0.2) is 29.6 Å². The summed E-state index contributed by atoms with van der Waals surface area (Å²) >= 11 is 1.70. The predicted molar refractivity (Wildman–Crippen MR) is 109 cm³/mol. The maximum Gasteiger partial charge on any atom is 0.337 e. The number of nitrogens with zero attached hydrogens (tertiary/aromatic N) is 1. The van der Waals surface area contributed by atoms with Crippen molar-refractivity contribution in [3.05, 3.63) is 45.8 Å². The zero-order valence-electron chi connectivity index (χ0n) is 16.3. The fraction of sp³-hybridized carbons (Fsp3) is 0.500. The molecule has 0 saturated carbocycles. The van der Waals surface area contributed by atoms with E-state index in [1.165, 1.54) is 10.4 Å². The number of hydrogen-bond acceptors (Lipinski definition) is 3. The van der Waals surface area contributed by atoms with Gasteiger partial charge < -0.3 is 10.0 Å². The van der Waals surface area contributed by atoms with Crippen molar-refractivity contribution in [2.45, 2.75) is 53.0 Å². The standard InChI is InChI=1S/C22H29NO2S/c1-5-12-23(4)14-15-8-6-7-9-16(15)20-19(21(24)25)17-13-22(2,3)11-10-18(17)26-20/h6-9H,5,10-14H2,1-4H3,(H,24,25). The molecule has 0 amide bonds. The summed E-state index contributed by atoms with van der Waals surface area (Å²) in [6, 6.07) is 8.29. The molecular formula is C22H29NO2S. The van der Waals surface area contributed by atoms with Crippen LogP contribution in [0.15, 0.2) is 24.3 Å². The van der Waals surface area contributed by atoms with Crippen molar-refractivity contribution in [1.29, 1.82) is 0 Å². The van der Waals surface area contributed by atoms with Gasteiger partial charge in [0.15, 0.2) is 0 Å². The van der Waals surface area contributed by atoms with Gasteiger partial charge >= 0.3 is 5.97 Å². The Morgan fingerprint density at radius 2 is 2.04 bits per heavy atom. The number of rotatable bonds is 6. The molecule has 1 aliphatic carbocycles. The molecule has 1 aromatic heterocycles. The number of hydrogen-bond donors (Lipinski definition) is 1. The summed E-state index contributed by atoms with van der Waals surface area (Å²) in [6.45, 7) is 8.55. The summed E-state index contributed by atoms with van der Waals surface area (Å²) < 4.78 is 0. The SMILES string of the molecule is CCCN(C)Cc1ccccc1-c1sc2c(c1C(=O)O)CC(C)(C)CC2. The van der Waals surface area contributed by atoms with E-state index in [2.05, 4.69) is 50.9 Å². The van der Waals surface area contributed by atoms with E-state index in [9.17, 15) is 9.90 Å². The van der Waals surface area contributed by atoms with E-state index < -0.39 is 5.97 Å². The molecule has 0 bridgehead atoms. The van der Waals surface area contributed by atoms with Crippen molar-refractivity contribution in [2.24, 2.45) is 5.41 Å². The normalized spacial score (nSPS) is 15.9. The van der Waals surface area contributed by atoms with Crippen LogP contribution in [0.2, 0.25) is 0 Å². The Morgan fingerprint density at radius 1 is 1.31 bits per heavy atom. The maximum atomic E-state index is 12.2. The van der Waals surface area contributed by atoms with Crippen LogP contribution in [0.25, 0.3) is 10.4 Å². The van der Waals surface area contributed by atoms with Crippen LogP contribution in [0.4, 0.5) is 0 Å². The van der Waals surface area contributed by atoms with E-state index in [0.29, 0.717) is 5.56 Å². The third-order valence-electron chi connectivity index (χ3n) is 5.30. The summed E-state index contributed by atoms with van der Waals surface area (Å²) in [5, 5.41) is 10.00. The van der Waals surface area contributed by atoms with Gasteiger partial charge in [0, 0.05) is 16.3 Å². The quantitative estimate of drug-likeness (QED) is 0.732. The van der Waals surface area contributed by atoms with Crippen LogP contribution in [0.5, 0.6) is 0 Å². The van der Waals surface area contributed by atoms with Gasteiger partial charge in [-0.15, -0.1) is 11.3 Å². The van der Waals surface area contributed by atoms with Crippen molar-refractivity contribution >= 4 is 17.3 Å². The van der Waals surface area contributed by atoms with Gasteiger partial charge in [-0.05, 0) is 61.4 Å². The molecule has 0 unspecified atom stereocenters. The lowest BCUT2D eigenvalue weighted by Crippen LogP contribution is -2.22. The molecule has 4 heteroatoms. The van der Waals surface area contributed by atoms with E-state index in [-0.39, 0.29) is 5.41 Å². The molecule has 0 atom stereocenters. The molecule has 1 N–H and O–H groups in total. The van der Waals surface area contributed by atoms with Gasteiger partial charge in [-0.1, -0.05) is 45.0 Å². The summed E-state index contributed by atoms with van der Waals surface area (Å²) in [7, 11) is 2.13. The van der Waals surface area contributed by atoms with Gasteiger partial charge in [0.25, 0.3) is 0 Å². The molecule has 3 rings (SSSR count). The molecule has 2 aromatic rings. The van der Waals surface area contributed by atoms with Crippen molar-refractivity contribution in [3.63, 3.8) is 0 Å². The number of aryl methyl sites for hydroxylation is 1. The molecular weight excluding hydrogens is 342 g/mol. The Morgan fingerprint density at radius 3 is 2.73 bits per heavy atom. The summed E-state index contributed by atoms with van der Waals surface area (Å²) in [5.74, 6) is -0.785. The van der Waals surface area contributed by atoms with Gasteiger partial charge in [0.2, 0.25) is 0 Å². The van der Waals surface area contributed by atoms with Gasteiger partial charge in [-0.3, -0.25) is 0 Å². The highest BCUT2D eigenvalue weighted by Crippen LogP contribution is 2.45. The van der Waals surface area contributed by atoms with Crippen molar-refractivity contribution in [2.75, 3.05) is 13.6 Å². The fourth-order valence-electron chi connectivity index (χ4n) is 3.97. The van der Waals surface area contributed by atoms with Crippen molar-refractivity contribution in [1.82, 2.24) is 4.90 Å². The molecule has 3 nitrogen and oxygen atoms in total. The summed E-state index contributed by atoms with van der Waals surface area (Å²) in [4.78, 5) is 16.7. The Kier molecular flexibility index (Phi) is 5.54. The highest BCUT2D eigenvalue weighted by atomic mass is 32.1. The molecule has 1 heterocycles. The monoisotopic (exact) mass is 371 g/mol. The number of benzene rings is 1. The molecule has 1 aliphatic rings. The molecule has 140 valence electrons. The first-order valence-corrected chi connectivity index (χ1v) is 10.3. The topological polar surface area (TPSA) is 40.5 Å². The maximum absolute atomic E-state index is 12.2. The average Bonchev–Trinajstić information content (AvgIpc) is 2.92. The number of fused-ring (bicyclic) bond motifs is 1. The van der Waals surface area contributed by atoms with Crippen LogP contribution < -0.4 is 0 Å². The smallest absolute Gasteiger partial charge is 0.337 e. The number of carbonyl (C=O) groups is 1. The lowest BCUT2D eigenvalue weighted by Gasteiger charge is -2.29. The largest absolute Gasteiger partial charge is 0.478 e. The Balaban J connectivity index is 2.08. The first kappa shape index (κ1) is 19.1. The van der Waals surface area contributed by atoms with E-state index in [4.69, 9.17) is 0 Å². The van der Waals surface area contributed by atoms with E-state index in [1.807, 2.05) is 6.07 Å². The third kappa shape index (κ3) is 3.86. The van der Waals surface area contributed by atoms with Crippen LogP contribution in [0.1, 0.15) is 60.0 Å². The Labute approximate surface area is 160 Å². The van der Waals surface area contributed by atoms with Crippen LogP contribution in [-0.2, 0) is 19.4 Å². The van der Waals surface area contributed by atoms with E-state index >= 15 is 0 Å². The average molecular weight is 372 g/mol. The summed E-state index contributed by atoms with van der Waals surface area (Å²) in [6.07, 6.45) is 4.09. The molecule has 0 fully saturated rings. The lowest BCUT2D eigenvalue weighted by atomic mass is 9.76. The fourth-order valence-corrected chi connectivity index (χ4v) is 5.34. The molecule has 0 spiro atoms. The number of carboxylic acids is 1. The Bertz CT molecular complexity index is 806. The highest BCUT2D eigenvalue weighted by Gasteiger charge is 2.33. The predicted octanol–water partition coefficient (Wildman–Crippen LogP) is 5.47. The molecule has 0 saturated heterocycles. The zero-order valence-corrected chi connectivity index (χ0v) is 17.1. The third-order valence-corrected chi connectivity index (χ3v) is 6.62. The lowest BCUT2D eigenvalue weighted by molar-refractivity contribution is 0.0696. The van der Waals surface area contributed by atoms with Crippen LogP contribution in [0, 0.1) is 5.41 Å². The van der Waals surface area contributed by atoms with Crippen LogP contribution >= 0.6 is 11.3 Å². The minimum Gasteiger partial charge on any atom is -0.478 e. The number of thiophene rings is 1. The van der Waals surface area contributed by atoms with Gasteiger partial charge in [-0.2, -0.15) is 0 Å². The van der Waals surface area contributed by atoms with E-state index in [1.54, 1.807) is 11.3 Å². The van der Waals surface area contributed by atoms with Crippen LogP contribution in [0.3, 0.4) is 0 Å². The second-order valence-electron chi connectivity index (χ2n) is 8.25. The first-order chi connectivity index (χ1) is 12.3. The second kappa shape index (κ2) is 7.53. The van der Waals surface area contributed by atoms with Crippen molar-refractivity contribution in [3.8, 4) is 10.4 Å².